The number of nitrogens with one attached hydrogen (secondary N) is 1. The van der Waals surface area contributed by atoms with Crippen LogP contribution in [0.15, 0.2) is 58.3 Å². The highest BCUT2D eigenvalue weighted by Gasteiger charge is 2.27. The third-order valence-corrected chi connectivity index (χ3v) is 7.12. The van der Waals surface area contributed by atoms with E-state index in [0.717, 1.165) is 17.7 Å². The molecule has 0 aromatic heterocycles. The average Bonchev–Trinajstić information content (AvgIpc) is 3.17. The highest BCUT2D eigenvalue weighted by Crippen LogP contribution is 2.24. The quantitative estimate of drug-likeness (QED) is 0.767. The van der Waals surface area contributed by atoms with Crippen molar-refractivity contribution in [3.05, 3.63) is 54.1 Å². The number of rotatable bonds is 6. The molecular formula is C19H22N2O3S2. The summed E-state index contributed by atoms with van der Waals surface area (Å²) in [6, 6.07) is 14.4. The molecular weight excluding hydrogens is 368 g/mol. The normalized spacial score (nSPS) is 15.1. The molecule has 0 spiro atoms. The van der Waals surface area contributed by atoms with Crippen LogP contribution in [0.1, 0.15) is 18.4 Å². The fraction of sp³-hybridized carbons (Fsp3) is 0.316. The highest BCUT2D eigenvalue weighted by atomic mass is 32.2. The molecule has 0 radical (unpaired) electrons. The van der Waals surface area contributed by atoms with E-state index in [2.05, 4.69) is 5.32 Å². The topological polar surface area (TPSA) is 66.5 Å². The molecule has 138 valence electrons. The summed E-state index contributed by atoms with van der Waals surface area (Å²) in [6.45, 7) is 3.14. The van der Waals surface area contributed by atoms with Gasteiger partial charge in [0.25, 0.3) is 0 Å². The van der Waals surface area contributed by atoms with E-state index in [1.807, 2.05) is 31.2 Å². The molecule has 0 atom stereocenters. The Labute approximate surface area is 158 Å². The number of aryl methyl sites for hydroxylation is 1. The lowest BCUT2D eigenvalue weighted by Gasteiger charge is -2.16. The fourth-order valence-corrected chi connectivity index (χ4v) is 5.05. The summed E-state index contributed by atoms with van der Waals surface area (Å²) in [5, 5.41) is 2.78. The molecule has 7 heteroatoms. The number of benzene rings is 2. The summed E-state index contributed by atoms with van der Waals surface area (Å²) in [4.78, 5) is 13.4. The minimum absolute atomic E-state index is 0.161. The van der Waals surface area contributed by atoms with Gasteiger partial charge < -0.3 is 5.32 Å². The zero-order valence-electron chi connectivity index (χ0n) is 14.6. The number of hydrogen-bond donors (Lipinski definition) is 1. The number of anilines is 1. The molecule has 26 heavy (non-hydrogen) atoms. The summed E-state index contributed by atoms with van der Waals surface area (Å²) in [5.74, 6) is 0.109. The van der Waals surface area contributed by atoms with Gasteiger partial charge in [-0.3, -0.25) is 4.79 Å². The molecule has 3 rings (SSSR count). The summed E-state index contributed by atoms with van der Waals surface area (Å²) >= 11 is 1.45. The van der Waals surface area contributed by atoms with Gasteiger partial charge in [0.2, 0.25) is 15.9 Å². The van der Waals surface area contributed by atoms with E-state index in [-0.39, 0.29) is 16.6 Å². The van der Waals surface area contributed by atoms with Crippen LogP contribution in [0, 0.1) is 6.92 Å². The lowest BCUT2D eigenvalue weighted by atomic mass is 10.2. The number of thioether (sulfide) groups is 1. The van der Waals surface area contributed by atoms with E-state index >= 15 is 0 Å². The molecule has 0 unspecified atom stereocenters. The Morgan fingerprint density at radius 2 is 1.81 bits per heavy atom. The van der Waals surface area contributed by atoms with Crippen LogP contribution in [0.25, 0.3) is 0 Å². The number of carbonyl (C=O) groups is 1. The highest BCUT2D eigenvalue weighted by molar-refractivity contribution is 8.00. The number of carbonyl (C=O) groups excluding carboxylic acids is 1. The van der Waals surface area contributed by atoms with Crippen molar-refractivity contribution in [3.8, 4) is 0 Å². The maximum atomic E-state index is 12.6. The Bertz CT molecular complexity index is 874. The van der Waals surface area contributed by atoms with E-state index in [1.54, 1.807) is 18.2 Å². The Morgan fingerprint density at radius 1 is 1.12 bits per heavy atom. The van der Waals surface area contributed by atoms with Gasteiger partial charge in [-0.05, 0) is 50.1 Å². The van der Waals surface area contributed by atoms with E-state index < -0.39 is 10.0 Å². The van der Waals surface area contributed by atoms with Crippen LogP contribution in [-0.4, -0.2) is 37.5 Å². The summed E-state index contributed by atoms with van der Waals surface area (Å²) in [5.41, 5.74) is 1.68. The Balaban J connectivity index is 1.62. The first-order valence-corrected chi connectivity index (χ1v) is 11.0. The molecule has 0 aliphatic carbocycles. The van der Waals surface area contributed by atoms with Crippen LogP contribution in [0.2, 0.25) is 0 Å². The smallest absolute Gasteiger partial charge is 0.243 e. The van der Waals surface area contributed by atoms with Gasteiger partial charge in [-0.25, -0.2) is 8.42 Å². The Morgan fingerprint density at radius 3 is 2.50 bits per heavy atom. The van der Waals surface area contributed by atoms with Gasteiger partial charge in [0, 0.05) is 23.7 Å². The van der Waals surface area contributed by atoms with Crippen molar-refractivity contribution in [2.24, 2.45) is 0 Å². The van der Waals surface area contributed by atoms with E-state index in [1.165, 1.54) is 27.7 Å². The first-order chi connectivity index (χ1) is 12.4. The van der Waals surface area contributed by atoms with Crippen LogP contribution in [0.4, 0.5) is 5.69 Å². The van der Waals surface area contributed by atoms with Gasteiger partial charge in [0.1, 0.15) is 0 Å². The molecule has 1 heterocycles. The maximum absolute atomic E-state index is 12.6. The van der Waals surface area contributed by atoms with Crippen LogP contribution >= 0.6 is 11.8 Å². The zero-order chi connectivity index (χ0) is 18.6. The maximum Gasteiger partial charge on any atom is 0.243 e. The van der Waals surface area contributed by atoms with Crippen molar-refractivity contribution in [2.75, 3.05) is 24.2 Å². The molecule has 2 aromatic rings. The first kappa shape index (κ1) is 18.9. The van der Waals surface area contributed by atoms with Crippen LogP contribution < -0.4 is 5.32 Å². The molecule has 1 N–H and O–H groups in total. The van der Waals surface area contributed by atoms with Crippen molar-refractivity contribution in [1.29, 1.82) is 0 Å². The number of amides is 1. The second kappa shape index (κ2) is 8.24. The molecule has 0 saturated carbocycles. The summed E-state index contributed by atoms with van der Waals surface area (Å²) < 4.78 is 26.7. The molecule has 0 bridgehead atoms. The van der Waals surface area contributed by atoms with E-state index in [4.69, 9.17) is 0 Å². The second-order valence-electron chi connectivity index (χ2n) is 6.29. The standard InChI is InChI=1S/C19H22N2O3S2/c1-15-7-9-17(10-8-15)25-14-19(22)20-16-5-4-6-18(13-16)26(23,24)21-11-2-3-12-21/h4-10,13H,2-3,11-12,14H2,1H3,(H,20,22). The minimum atomic E-state index is -3.48. The number of hydrogen-bond acceptors (Lipinski definition) is 4. The third kappa shape index (κ3) is 4.66. The molecule has 1 aliphatic heterocycles. The number of sulfonamides is 1. The predicted octanol–water partition coefficient (Wildman–Crippen LogP) is 3.51. The average molecular weight is 391 g/mol. The Kier molecular flexibility index (Phi) is 6.01. The molecule has 1 amide bonds. The predicted molar refractivity (Wildman–Crippen MR) is 105 cm³/mol. The SMILES string of the molecule is Cc1ccc(SCC(=O)Nc2cccc(S(=O)(=O)N3CCCC3)c2)cc1. The monoisotopic (exact) mass is 390 g/mol. The molecule has 2 aromatic carbocycles. The Hall–Kier alpha value is -1.83. The summed E-state index contributed by atoms with van der Waals surface area (Å²) in [6.07, 6.45) is 1.79. The van der Waals surface area contributed by atoms with Crippen molar-refractivity contribution >= 4 is 33.4 Å². The zero-order valence-corrected chi connectivity index (χ0v) is 16.3. The first-order valence-electron chi connectivity index (χ1n) is 8.55. The van der Waals surface area contributed by atoms with Crippen molar-refractivity contribution in [2.45, 2.75) is 29.6 Å². The van der Waals surface area contributed by atoms with Gasteiger partial charge in [0.05, 0.1) is 10.6 Å². The van der Waals surface area contributed by atoms with Crippen LogP contribution in [-0.2, 0) is 14.8 Å². The van der Waals surface area contributed by atoms with Gasteiger partial charge in [-0.15, -0.1) is 11.8 Å². The van der Waals surface area contributed by atoms with E-state index in [0.29, 0.717) is 18.8 Å². The van der Waals surface area contributed by atoms with E-state index in [9.17, 15) is 13.2 Å². The van der Waals surface area contributed by atoms with Crippen LogP contribution in [0.5, 0.6) is 0 Å². The lowest BCUT2D eigenvalue weighted by Crippen LogP contribution is -2.28. The lowest BCUT2D eigenvalue weighted by molar-refractivity contribution is -0.113. The number of nitrogens with zero attached hydrogens (tertiary/aromatic N) is 1. The van der Waals surface area contributed by atoms with Gasteiger partial charge in [-0.2, -0.15) is 4.31 Å². The minimum Gasteiger partial charge on any atom is -0.325 e. The fourth-order valence-electron chi connectivity index (χ4n) is 2.79. The molecule has 1 aliphatic rings. The third-order valence-electron chi connectivity index (χ3n) is 4.21. The second-order valence-corrected chi connectivity index (χ2v) is 9.28. The van der Waals surface area contributed by atoms with Crippen molar-refractivity contribution in [1.82, 2.24) is 4.31 Å². The van der Waals surface area contributed by atoms with Crippen LogP contribution in [0.3, 0.4) is 0 Å². The van der Waals surface area contributed by atoms with Gasteiger partial charge >= 0.3 is 0 Å². The molecule has 1 fully saturated rings. The summed E-state index contributed by atoms with van der Waals surface area (Å²) in [7, 11) is -3.48. The largest absolute Gasteiger partial charge is 0.325 e. The van der Waals surface area contributed by atoms with Gasteiger partial charge in [-0.1, -0.05) is 23.8 Å². The van der Waals surface area contributed by atoms with Crippen molar-refractivity contribution < 1.29 is 13.2 Å². The molecule has 1 saturated heterocycles. The van der Waals surface area contributed by atoms with Gasteiger partial charge in [0.15, 0.2) is 0 Å². The molecule has 5 nitrogen and oxygen atoms in total. The van der Waals surface area contributed by atoms with Crippen molar-refractivity contribution in [3.63, 3.8) is 0 Å².